The van der Waals surface area contributed by atoms with Gasteiger partial charge < -0.3 is 24.1 Å². The number of nitrogens with one attached hydrogen (secondary N) is 1. The van der Waals surface area contributed by atoms with Gasteiger partial charge in [0.05, 0.1) is 17.6 Å². The van der Waals surface area contributed by atoms with Gasteiger partial charge in [-0.05, 0) is 37.3 Å². The molecule has 0 aliphatic carbocycles. The van der Waals surface area contributed by atoms with Crippen LogP contribution in [0.25, 0.3) is 0 Å². The van der Waals surface area contributed by atoms with Crippen molar-refractivity contribution in [2.24, 2.45) is 0 Å². The van der Waals surface area contributed by atoms with Crippen LogP contribution in [0.1, 0.15) is 29.5 Å². The average Bonchev–Trinajstić information content (AvgIpc) is 3.22. The molecule has 1 N–H and O–H groups in total. The number of rotatable bonds is 6. The number of fused-ring (bicyclic) bond motifs is 1. The highest BCUT2D eigenvalue weighted by Crippen LogP contribution is 2.31. The lowest BCUT2D eigenvalue weighted by atomic mass is 10.1. The predicted molar refractivity (Wildman–Crippen MR) is 116 cm³/mol. The number of carbonyl (C=O) groups excluding carboxylic acids is 3. The minimum atomic E-state index is -0.764. The van der Waals surface area contributed by atoms with E-state index in [1.165, 1.54) is 11.2 Å². The number of benzene rings is 2. The quantitative estimate of drug-likeness (QED) is 0.593. The molecule has 0 spiro atoms. The Balaban J connectivity index is 1.42. The number of anilines is 2. The Morgan fingerprint density at radius 1 is 1.09 bits per heavy atom. The normalized spacial score (nSPS) is 15.3. The van der Waals surface area contributed by atoms with Gasteiger partial charge in [0.15, 0.2) is 6.61 Å². The zero-order valence-electron chi connectivity index (χ0n) is 17.4. The Hall–Kier alpha value is -4.07. The third-order valence-electron chi connectivity index (χ3n) is 5.02. The summed E-state index contributed by atoms with van der Waals surface area (Å²) in [6.07, 6.45) is 1.50. The number of esters is 1. The Kier molecular flexibility index (Phi) is 6.21. The summed E-state index contributed by atoms with van der Waals surface area (Å²) in [6, 6.07) is 17.4. The van der Waals surface area contributed by atoms with E-state index in [2.05, 4.69) is 5.32 Å². The molecule has 1 unspecified atom stereocenters. The molecule has 2 heterocycles. The summed E-state index contributed by atoms with van der Waals surface area (Å²) < 4.78 is 16.2. The number of hydrogen-bond donors (Lipinski definition) is 1. The predicted octanol–water partition coefficient (Wildman–Crippen LogP) is 3.78. The highest BCUT2D eigenvalue weighted by atomic mass is 16.5. The summed E-state index contributed by atoms with van der Waals surface area (Å²) in [6.45, 7) is 1.39. The van der Waals surface area contributed by atoms with Crippen LogP contribution in [0.4, 0.5) is 11.4 Å². The molecule has 2 amide bonds. The number of nitrogens with zero attached hydrogens (tertiary/aromatic N) is 1. The number of carbonyl (C=O) groups is 3. The van der Waals surface area contributed by atoms with Gasteiger partial charge in [-0.1, -0.05) is 30.3 Å². The molecule has 0 radical (unpaired) electrons. The highest BCUT2D eigenvalue weighted by Gasteiger charge is 2.30. The first-order valence-electron chi connectivity index (χ1n) is 10.1. The second-order valence-corrected chi connectivity index (χ2v) is 7.34. The van der Waals surface area contributed by atoms with Crippen LogP contribution in [-0.4, -0.2) is 30.4 Å². The van der Waals surface area contributed by atoms with Crippen molar-refractivity contribution in [1.29, 1.82) is 0 Å². The van der Waals surface area contributed by atoms with E-state index in [-0.39, 0.29) is 24.7 Å². The minimum Gasteiger partial charge on any atom is -0.489 e. The molecule has 0 saturated carbocycles. The molecule has 1 aromatic heterocycles. The maximum Gasteiger partial charge on any atom is 0.375 e. The van der Waals surface area contributed by atoms with Gasteiger partial charge in [-0.3, -0.25) is 9.59 Å². The second-order valence-electron chi connectivity index (χ2n) is 7.34. The number of furan rings is 1. The first-order valence-corrected chi connectivity index (χ1v) is 10.1. The Morgan fingerprint density at radius 2 is 1.84 bits per heavy atom. The number of amides is 2. The van der Waals surface area contributed by atoms with E-state index < -0.39 is 24.5 Å². The Bertz CT molecular complexity index is 1120. The number of ether oxygens (including phenoxy) is 2. The average molecular weight is 434 g/mol. The van der Waals surface area contributed by atoms with E-state index >= 15 is 0 Å². The van der Waals surface area contributed by atoms with Gasteiger partial charge in [-0.2, -0.15) is 0 Å². The van der Waals surface area contributed by atoms with Crippen molar-refractivity contribution in [1.82, 2.24) is 0 Å². The SMILES string of the molecule is CC1CC(=O)Nc2ccccc2N1C(=O)COC(=O)c1occc1COc1ccccc1. The van der Waals surface area contributed by atoms with Crippen molar-refractivity contribution in [3.63, 3.8) is 0 Å². The van der Waals surface area contributed by atoms with Gasteiger partial charge in [0.1, 0.15) is 12.4 Å². The van der Waals surface area contributed by atoms with Crippen molar-refractivity contribution in [3.05, 3.63) is 78.3 Å². The van der Waals surface area contributed by atoms with Crippen LogP contribution in [0.2, 0.25) is 0 Å². The van der Waals surface area contributed by atoms with Gasteiger partial charge in [0.25, 0.3) is 5.91 Å². The third kappa shape index (κ3) is 4.64. The first kappa shape index (κ1) is 21.2. The summed E-state index contributed by atoms with van der Waals surface area (Å²) >= 11 is 0. The smallest absolute Gasteiger partial charge is 0.375 e. The largest absolute Gasteiger partial charge is 0.489 e. The van der Waals surface area contributed by atoms with Crippen LogP contribution in [0, 0.1) is 0 Å². The molecule has 3 aromatic rings. The maximum atomic E-state index is 13.0. The molecule has 0 bridgehead atoms. The monoisotopic (exact) mass is 434 g/mol. The van der Waals surface area contributed by atoms with Crippen LogP contribution < -0.4 is 15.0 Å². The molecular formula is C24H22N2O6. The summed E-state index contributed by atoms with van der Waals surface area (Å²) in [5, 5.41) is 2.79. The standard InChI is InChI=1S/C24H22N2O6/c1-16-13-21(27)25-19-9-5-6-10-20(19)26(16)22(28)15-32-24(29)23-17(11-12-30-23)14-31-18-7-3-2-4-8-18/h2-12,16H,13-15H2,1H3,(H,25,27). The van der Waals surface area contributed by atoms with Gasteiger partial charge in [-0.15, -0.1) is 0 Å². The van der Waals surface area contributed by atoms with Gasteiger partial charge in [0, 0.05) is 18.0 Å². The van der Waals surface area contributed by atoms with E-state index in [1.54, 1.807) is 49.4 Å². The van der Waals surface area contributed by atoms with Crippen molar-refractivity contribution < 1.29 is 28.3 Å². The molecule has 1 aliphatic rings. The number of hydrogen-bond acceptors (Lipinski definition) is 6. The van der Waals surface area contributed by atoms with Gasteiger partial charge in [0.2, 0.25) is 11.7 Å². The molecule has 0 fully saturated rings. The van der Waals surface area contributed by atoms with Crippen molar-refractivity contribution >= 4 is 29.2 Å². The van der Waals surface area contributed by atoms with Crippen LogP contribution in [0.3, 0.4) is 0 Å². The first-order chi connectivity index (χ1) is 15.5. The fraction of sp³-hybridized carbons (Fsp3) is 0.208. The molecule has 32 heavy (non-hydrogen) atoms. The lowest BCUT2D eigenvalue weighted by molar-refractivity contribution is -0.122. The van der Waals surface area contributed by atoms with E-state index in [4.69, 9.17) is 13.9 Å². The topological polar surface area (TPSA) is 98.1 Å². The zero-order chi connectivity index (χ0) is 22.5. The molecule has 2 aromatic carbocycles. The van der Waals surface area contributed by atoms with Crippen molar-refractivity contribution in [3.8, 4) is 5.75 Å². The Morgan fingerprint density at radius 3 is 2.66 bits per heavy atom. The molecule has 8 nitrogen and oxygen atoms in total. The molecule has 1 aliphatic heterocycles. The summed E-state index contributed by atoms with van der Waals surface area (Å²) in [5.41, 5.74) is 1.60. The molecule has 4 rings (SSSR count). The molecule has 0 saturated heterocycles. The third-order valence-corrected chi connectivity index (χ3v) is 5.02. The molecular weight excluding hydrogens is 412 g/mol. The fourth-order valence-corrected chi connectivity index (χ4v) is 3.54. The van der Waals surface area contributed by atoms with Crippen LogP contribution in [0.5, 0.6) is 5.75 Å². The number of para-hydroxylation sites is 3. The molecule has 1 atom stereocenters. The van der Waals surface area contributed by atoms with Crippen molar-refractivity contribution in [2.75, 3.05) is 16.8 Å². The van der Waals surface area contributed by atoms with Crippen LogP contribution in [0.15, 0.2) is 71.3 Å². The van der Waals surface area contributed by atoms with E-state index in [1.807, 2.05) is 18.2 Å². The Labute approximate surface area is 184 Å². The highest BCUT2D eigenvalue weighted by molar-refractivity contribution is 6.05. The molecule has 164 valence electrons. The van der Waals surface area contributed by atoms with E-state index in [9.17, 15) is 14.4 Å². The second kappa shape index (κ2) is 9.38. The minimum absolute atomic E-state index is 0.0186. The van der Waals surface area contributed by atoms with Crippen molar-refractivity contribution in [2.45, 2.75) is 26.0 Å². The maximum absolute atomic E-state index is 13.0. The zero-order valence-corrected chi connectivity index (χ0v) is 17.4. The molecule has 8 heteroatoms. The fourth-order valence-electron chi connectivity index (χ4n) is 3.54. The van der Waals surface area contributed by atoms with Crippen LogP contribution >= 0.6 is 0 Å². The lowest BCUT2D eigenvalue weighted by Gasteiger charge is -2.27. The lowest BCUT2D eigenvalue weighted by Crippen LogP contribution is -2.41. The summed E-state index contributed by atoms with van der Waals surface area (Å²) in [5.74, 6) is -0.755. The van der Waals surface area contributed by atoms with Crippen LogP contribution in [-0.2, 0) is 20.9 Å². The van der Waals surface area contributed by atoms with E-state index in [0.717, 1.165) is 0 Å². The van der Waals surface area contributed by atoms with Gasteiger partial charge in [-0.25, -0.2) is 4.79 Å². The summed E-state index contributed by atoms with van der Waals surface area (Å²) in [7, 11) is 0. The van der Waals surface area contributed by atoms with Gasteiger partial charge >= 0.3 is 5.97 Å². The summed E-state index contributed by atoms with van der Waals surface area (Å²) in [4.78, 5) is 39.1. The van der Waals surface area contributed by atoms with E-state index in [0.29, 0.717) is 22.7 Å².